The Morgan fingerprint density at radius 2 is 1.94 bits per heavy atom. The monoisotopic (exact) mass is 474 g/mol. The van der Waals surface area contributed by atoms with Gasteiger partial charge in [-0.15, -0.1) is 0 Å². The number of aryl methyl sites for hydroxylation is 1. The summed E-state index contributed by atoms with van der Waals surface area (Å²) >= 11 is 0. The summed E-state index contributed by atoms with van der Waals surface area (Å²) in [5.74, 6) is -0.721. The Bertz CT molecular complexity index is 1290. The molecular formula is C21H26N6O5S. The van der Waals surface area contributed by atoms with Crippen molar-refractivity contribution in [2.45, 2.75) is 62.3 Å². The Morgan fingerprint density at radius 1 is 1.21 bits per heavy atom. The Labute approximate surface area is 191 Å². The first-order valence-corrected chi connectivity index (χ1v) is 12.0. The molecular weight excluding hydrogens is 448 g/mol. The second-order valence-electron chi connectivity index (χ2n) is 8.89. The van der Waals surface area contributed by atoms with E-state index in [2.05, 4.69) is 15.0 Å². The van der Waals surface area contributed by atoms with Gasteiger partial charge in [-0.1, -0.05) is 17.7 Å². The first kappa shape index (κ1) is 22.2. The number of imidazole rings is 1. The van der Waals surface area contributed by atoms with Crippen LogP contribution in [0, 0.1) is 6.92 Å². The van der Waals surface area contributed by atoms with Crippen molar-refractivity contribution < 1.29 is 23.0 Å². The van der Waals surface area contributed by atoms with E-state index in [1.807, 2.05) is 6.92 Å². The largest absolute Gasteiger partial charge is 0.389 e. The zero-order valence-corrected chi connectivity index (χ0v) is 19.3. The van der Waals surface area contributed by atoms with Crippen LogP contribution in [-0.4, -0.2) is 74.0 Å². The summed E-state index contributed by atoms with van der Waals surface area (Å²) in [5, 5.41) is 11.3. The van der Waals surface area contributed by atoms with Gasteiger partial charge in [0, 0.05) is 6.54 Å². The van der Waals surface area contributed by atoms with Crippen LogP contribution in [0.3, 0.4) is 0 Å². The van der Waals surface area contributed by atoms with Crippen molar-refractivity contribution in [2.24, 2.45) is 0 Å². The number of aromatic nitrogens is 4. The number of hydrogen-bond acceptors (Lipinski definition) is 9. The lowest BCUT2D eigenvalue weighted by molar-refractivity contribution is -0.289. The zero-order valence-electron chi connectivity index (χ0n) is 18.5. The van der Waals surface area contributed by atoms with Gasteiger partial charge in [0.15, 0.2) is 17.3 Å². The van der Waals surface area contributed by atoms with Crippen LogP contribution in [0.2, 0.25) is 0 Å². The highest BCUT2D eigenvalue weighted by atomic mass is 32.2. The summed E-state index contributed by atoms with van der Waals surface area (Å²) < 4.78 is 42.4. The number of fused-ring (bicyclic) bond motifs is 2. The summed E-state index contributed by atoms with van der Waals surface area (Å²) in [6.07, 6.45) is 0.979. The molecule has 11 nitrogen and oxygen atoms in total. The molecule has 2 aliphatic rings. The second kappa shape index (κ2) is 7.71. The normalized spacial score (nSPS) is 27.6. The third kappa shape index (κ3) is 3.67. The third-order valence-corrected chi connectivity index (χ3v) is 8.16. The van der Waals surface area contributed by atoms with Gasteiger partial charge in [-0.3, -0.25) is 0 Å². The molecule has 176 valence electrons. The molecule has 2 saturated heterocycles. The highest BCUT2D eigenvalue weighted by molar-refractivity contribution is 7.89. The minimum Gasteiger partial charge on any atom is -0.389 e. The number of aliphatic hydroxyl groups excluding tert-OH is 1. The van der Waals surface area contributed by atoms with E-state index in [1.54, 1.807) is 42.7 Å². The highest BCUT2D eigenvalue weighted by Gasteiger charge is 2.58. The maximum absolute atomic E-state index is 13.8. The average molecular weight is 475 g/mol. The Balaban J connectivity index is 1.58. The SMILES string of the molecule is Cc1ccc(S(=O)(=O)N2[C@@H](Cn3cnc4c(N)ncnc43)[C@@H](O)[C@@H]3OC(C)(C)OC[C@@H]32)cc1. The molecule has 3 N–H and O–H groups in total. The molecule has 0 unspecified atom stereocenters. The minimum atomic E-state index is -3.99. The molecule has 0 amide bonds. The van der Waals surface area contributed by atoms with E-state index in [0.717, 1.165) is 5.56 Å². The number of nitrogen functional groups attached to an aromatic ring is 1. The van der Waals surface area contributed by atoms with Crippen LogP contribution in [0.1, 0.15) is 19.4 Å². The minimum absolute atomic E-state index is 0.0933. The zero-order chi connectivity index (χ0) is 23.5. The maximum atomic E-state index is 13.8. The van der Waals surface area contributed by atoms with Crippen LogP contribution in [0.4, 0.5) is 5.82 Å². The van der Waals surface area contributed by atoms with Crippen LogP contribution in [-0.2, 0) is 26.0 Å². The third-order valence-electron chi connectivity index (χ3n) is 6.20. The summed E-state index contributed by atoms with van der Waals surface area (Å²) in [5.41, 5.74) is 7.71. The number of aliphatic hydroxyl groups is 1. The van der Waals surface area contributed by atoms with Crippen LogP contribution in [0.25, 0.3) is 11.2 Å². The summed E-state index contributed by atoms with van der Waals surface area (Å²) in [4.78, 5) is 12.6. The molecule has 4 atom stereocenters. The fourth-order valence-electron chi connectivity index (χ4n) is 4.56. The molecule has 2 fully saturated rings. The van der Waals surface area contributed by atoms with E-state index in [1.165, 1.54) is 17.0 Å². The average Bonchev–Trinajstić information content (AvgIpc) is 3.29. The number of anilines is 1. The molecule has 0 radical (unpaired) electrons. The fraction of sp³-hybridized carbons (Fsp3) is 0.476. The number of nitrogens with two attached hydrogens (primary N) is 1. The molecule has 5 rings (SSSR count). The molecule has 33 heavy (non-hydrogen) atoms. The number of ether oxygens (including phenoxy) is 2. The number of benzene rings is 1. The molecule has 3 aromatic rings. The lowest BCUT2D eigenvalue weighted by Gasteiger charge is -2.40. The van der Waals surface area contributed by atoms with Crippen molar-refractivity contribution >= 4 is 27.0 Å². The van der Waals surface area contributed by atoms with Gasteiger partial charge in [0.1, 0.15) is 24.1 Å². The molecule has 2 aliphatic heterocycles. The first-order valence-electron chi connectivity index (χ1n) is 10.6. The molecule has 0 spiro atoms. The van der Waals surface area contributed by atoms with E-state index in [-0.39, 0.29) is 23.9 Å². The van der Waals surface area contributed by atoms with Gasteiger partial charge in [0.25, 0.3) is 0 Å². The lowest BCUT2D eigenvalue weighted by atomic mass is 10.1. The molecule has 0 bridgehead atoms. The van der Waals surface area contributed by atoms with E-state index in [9.17, 15) is 13.5 Å². The van der Waals surface area contributed by atoms with Gasteiger partial charge in [0.05, 0.1) is 29.9 Å². The topological polar surface area (TPSA) is 146 Å². The van der Waals surface area contributed by atoms with Crippen molar-refractivity contribution in [3.05, 3.63) is 42.5 Å². The van der Waals surface area contributed by atoms with Crippen LogP contribution in [0.15, 0.2) is 41.8 Å². The summed E-state index contributed by atoms with van der Waals surface area (Å²) in [6.45, 7) is 5.56. The molecule has 2 aromatic heterocycles. The number of nitrogens with zero attached hydrogens (tertiary/aromatic N) is 5. The van der Waals surface area contributed by atoms with E-state index < -0.39 is 40.1 Å². The van der Waals surface area contributed by atoms with Crippen LogP contribution >= 0.6 is 0 Å². The molecule has 1 aromatic carbocycles. The first-order chi connectivity index (χ1) is 15.6. The molecule has 0 aliphatic carbocycles. The maximum Gasteiger partial charge on any atom is 0.243 e. The summed E-state index contributed by atoms with van der Waals surface area (Å²) in [6, 6.07) is 5.07. The lowest BCUT2D eigenvalue weighted by Crippen LogP contribution is -2.53. The van der Waals surface area contributed by atoms with Gasteiger partial charge in [-0.25, -0.2) is 23.4 Å². The van der Waals surface area contributed by atoms with Crippen LogP contribution in [0.5, 0.6) is 0 Å². The standard InChI is InChI=1S/C21H26N6O5S/c1-12-4-6-13(7-5-12)33(29,30)27-14(17(28)18-15(27)9-31-21(2,3)32-18)8-26-11-25-16-19(22)23-10-24-20(16)26/h4-7,10-11,14-15,17-18,28H,8-9H2,1-3H3,(H2,22,23,24)/t14-,15-,17+,18+/m0/s1. The predicted molar refractivity (Wildman–Crippen MR) is 118 cm³/mol. The van der Waals surface area contributed by atoms with Gasteiger partial charge < -0.3 is 24.9 Å². The Hall–Kier alpha value is -2.64. The summed E-state index contributed by atoms with van der Waals surface area (Å²) in [7, 11) is -3.99. The Morgan fingerprint density at radius 3 is 2.67 bits per heavy atom. The van der Waals surface area contributed by atoms with Crippen molar-refractivity contribution in [2.75, 3.05) is 12.3 Å². The number of rotatable bonds is 4. The second-order valence-corrected chi connectivity index (χ2v) is 10.7. The van der Waals surface area contributed by atoms with Gasteiger partial charge >= 0.3 is 0 Å². The van der Waals surface area contributed by atoms with Gasteiger partial charge in [-0.05, 0) is 32.9 Å². The van der Waals surface area contributed by atoms with Crippen molar-refractivity contribution in [3.8, 4) is 0 Å². The predicted octanol–water partition coefficient (Wildman–Crippen LogP) is 0.671. The highest BCUT2D eigenvalue weighted by Crippen LogP contribution is 2.39. The van der Waals surface area contributed by atoms with Crippen LogP contribution < -0.4 is 5.73 Å². The van der Waals surface area contributed by atoms with Crippen molar-refractivity contribution in [1.82, 2.24) is 23.8 Å². The quantitative estimate of drug-likeness (QED) is 0.557. The fourth-order valence-corrected chi connectivity index (χ4v) is 6.37. The number of hydrogen-bond donors (Lipinski definition) is 2. The van der Waals surface area contributed by atoms with Crippen molar-refractivity contribution in [3.63, 3.8) is 0 Å². The van der Waals surface area contributed by atoms with Gasteiger partial charge in [-0.2, -0.15) is 4.31 Å². The number of sulfonamides is 1. The molecule has 12 heteroatoms. The van der Waals surface area contributed by atoms with E-state index in [0.29, 0.717) is 11.2 Å². The Kier molecular flexibility index (Phi) is 5.18. The van der Waals surface area contributed by atoms with Crippen molar-refractivity contribution in [1.29, 1.82) is 0 Å². The molecule has 0 saturated carbocycles. The van der Waals surface area contributed by atoms with E-state index >= 15 is 0 Å². The smallest absolute Gasteiger partial charge is 0.243 e. The van der Waals surface area contributed by atoms with E-state index in [4.69, 9.17) is 15.2 Å². The molecule has 4 heterocycles. The van der Waals surface area contributed by atoms with Gasteiger partial charge in [0.2, 0.25) is 10.0 Å².